The van der Waals surface area contributed by atoms with Gasteiger partial charge < -0.3 is 36.8 Å². The highest BCUT2D eigenvalue weighted by atomic mass is 16.3. The van der Waals surface area contributed by atoms with E-state index in [1.54, 1.807) is 7.05 Å². The van der Waals surface area contributed by atoms with Crippen LogP contribution in [0.3, 0.4) is 0 Å². The highest BCUT2D eigenvalue weighted by Gasteiger charge is 2.60. The van der Waals surface area contributed by atoms with E-state index in [4.69, 9.17) is 5.73 Å². The molecule has 0 saturated heterocycles. The highest BCUT2D eigenvalue weighted by molar-refractivity contribution is 6.00. The van der Waals surface area contributed by atoms with Crippen molar-refractivity contribution < 1.29 is 34.8 Å². The molecule has 8 N–H and O–H groups in total. The summed E-state index contributed by atoms with van der Waals surface area (Å²) in [6, 6.07) is 7.89. The molecule has 54 heavy (non-hydrogen) atoms. The number of Topliss-reactive ketones (excluding diaryl/α,β-unsaturated/α-hetero) is 2. The summed E-state index contributed by atoms with van der Waals surface area (Å²) in [7, 11) is 1.59. The number of hydrogen-bond donors (Lipinski definition) is 7. The fourth-order valence-electron chi connectivity index (χ4n) is 12.2. The second kappa shape index (κ2) is 15.0. The van der Waals surface area contributed by atoms with Gasteiger partial charge in [-0.2, -0.15) is 0 Å². The minimum atomic E-state index is -0.316. The van der Waals surface area contributed by atoms with Crippen molar-refractivity contribution in [1.29, 1.82) is 0 Å². The Labute approximate surface area is 321 Å². The van der Waals surface area contributed by atoms with Crippen molar-refractivity contribution in [2.45, 2.75) is 119 Å². The second-order valence-corrected chi connectivity index (χ2v) is 19.1. The summed E-state index contributed by atoms with van der Waals surface area (Å²) in [6.45, 7) is 17.7. The van der Waals surface area contributed by atoms with E-state index in [2.05, 4.69) is 59.1 Å². The van der Waals surface area contributed by atoms with E-state index in [1.807, 2.05) is 6.92 Å². The van der Waals surface area contributed by atoms with Gasteiger partial charge in [0.2, 0.25) is 0 Å². The molecule has 0 aromatic heterocycles. The number of phenolic OH excluding ortho intramolecular Hbond substituents is 4. The molecular formula is C44H65N3O7. The Morgan fingerprint density at radius 1 is 0.630 bits per heavy atom. The number of urea groups is 1. The molecule has 10 heteroatoms. The molecule has 0 unspecified atom stereocenters. The number of ketones is 2. The Balaban J connectivity index is 0.000000210. The zero-order valence-corrected chi connectivity index (χ0v) is 33.8. The maximum Gasteiger partial charge on any atom is 0.314 e. The van der Waals surface area contributed by atoms with Crippen LogP contribution in [-0.2, 0) is 0 Å². The van der Waals surface area contributed by atoms with Crippen LogP contribution in [0.4, 0.5) is 4.79 Å². The lowest BCUT2D eigenvalue weighted by molar-refractivity contribution is -0.0898. The van der Waals surface area contributed by atoms with Crippen LogP contribution in [0.2, 0.25) is 0 Å². The number of carbonyl (C=O) groups is 3. The molecule has 2 aromatic carbocycles. The number of hydrogen-bond acceptors (Lipinski definition) is 8. The summed E-state index contributed by atoms with van der Waals surface area (Å²) in [6.07, 6.45) is 8.24. The van der Waals surface area contributed by atoms with Gasteiger partial charge in [-0.05, 0) is 108 Å². The number of phenols is 4. The van der Waals surface area contributed by atoms with E-state index >= 15 is 0 Å². The van der Waals surface area contributed by atoms with Gasteiger partial charge >= 0.3 is 6.03 Å². The largest absolute Gasteiger partial charge is 0.508 e. The maximum atomic E-state index is 13.7. The van der Waals surface area contributed by atoms with E-state index < -0.39 is 0 Å². The fraction of sp³-hybridized carbons (Fsp3) is 0.659. The van der Waals surface area contributed by atoms with E-state index in [0.717, 1.165) is 44.9 Å². The van der Waals surface area contributed by atoms with Crippen LogP contribution in [0, 0.1) is 57.2 Å². The van der Waals surface area contributed by atoms with Gasteiger partial charge in [-0.1, -0.05) is 68.2 Å². The first-order chi connectivity index (χ1) is 25.1. The zero-order chi connectivity index (χ0) is 40.1. The average Bonchev–Trinajstić information content (AvgIpc) is 3.05. The predicted molar refractivity (Wildman–Crippen MR) is 211 cm³/mol. The van der Waals surface area contributed by atoms with Crippen molar-refractivity contribution in [1.82, 2.24) is 10.6 Å². The topological polar surface area (TPSA) is 182 Å². The Morgan fingerprint density at radius 2 is 1.02 bits per heavy atom. The lowest BCUT2D eigenvalue weighted by atomic mass is 9.45. The summed E-state index contributed by atoms with van der Waals surface area (Å²) in [5.74, 6) is -0.301. The summed E-state index contributed by atoms with van der Waals surface area (Å²) in [5, 5.41) is 45.1. The third-order valence-electron chi connectivity index (χ3n) is 14.8. The number of rotatable bonds is 5. The number of aromatic hydroxyl groups is 4. The smallest absolute Gasteiger partial charge is 0.314 e. The monoisotopic (exact) mass is 747 g/mol. The average molecular weight is 748 g/mol. The van der Waals surface area contributed by atoms with Crippen molar-refractivity contribution in [3.63, 3.8) is 0 Å². The molecule has 0 radical (unpaired) electrons. The standard InChI is InChI=1S/C23H34N2O4.C21H31NO3/c1-13-17(25-21(29)24-5)12-18-22(2,3)7-6-8-23(18,4)19(13)20(28)14-9-15(26)11-16(27)10-14;1-12-16(22)11-17-20(2,3)6-5-7-21(17,4)18(12)19(25)13-8-14(23)10-15(24)9-13/h9-11,13,17-19,26-27H,6-8,12H2,1-5H3,(H2,24,25,29);8-10,12,16-18,23-24H,5-7,11,22H2,1-4H3/t13-,17-,18+,19-,23+;12-,16-,17+,18-,21+/m11/s1. The third-order valence-corrected chi connectivity index (χ3v) is 14.8. The molecule has 10 atom stereocenters. The van der Waals surface area contributed by atoms with Crippen LogP contribution in [-0.4, -0.2) is 57.2 Å². The quantitative estimate of drug-likeness (QED) is 0.150. The number of fused-ring (bicyclic) bond motifs is 2. The lowest BCUT2D eigenvalue weighted by Gasteiger charge is -2.60. The Hall–Kier alpha value is -3.79. The van der Waals surface area contributed by atoms with Crippen molar-refractivity contribution in [2.75, 3.05) is 7.05 Å². The number of amides is 2. The number of nitrogens with one attached hydrogen (secondary N) is 2. The highest BCUT2D eigenvalue weighted by Crippen LogP contribution is 2.63. The minimum absolute atomic E-state index is 0.000880. The zero-order valence-electron chi connectivity index (χ0n) is 33.8. The maximum absolute atomic E-state index is 13.7. The molecule has 298 valence electrons. The third kappa shape index (κ3) is 7.69. The van der Waals surface area contributed by atoms with Gasteiger partial charge in [0.15, 0.2) is 11.6 Å². The summed E-state index contributed by atoms with van der Waals surface area (Å²) in [5.41, 5.74) is 7.11. The molecule has 0 heterocycles. The summed E-state index contributed by atoms with van der Waals surface area (Å²) < 4.78 is 0. The fourth-order valence-corrected chi connectivity index (χ4v) is 12.2. The van der Waals surface area contributed by atoms with E-state index in [-0.39, 0.29) is 104 Å². The van der Waals surface area contributed by atoms with Crippen LogP contribution >= 0.6 is 0 Å². The number of carbonyl (C=O) groups excluding carboxylic acids is 3. The van der Waals surface area contributed by atoms with Gasteiger partial charge in [-0.15, -0.1) is 0 Å². The Kier molecular flexibility index (Phi) is 11.5. The van der Waals surface area contributed by atoms with Crippen LogP contribution in [0.1, 0.15) is 127 Å². The predicted octanol–water partition coefficient (Wildman–Crippen LogP) is 8.16. The van der Waals surface area contributed by atoms with Crippen LogP contribution < -0.4 is 16.4 Å². The first-order valence-electron chi connectivity index (χ1n) is 19.9. The van der Waals surface area contributed by atoms with Crippen LogP contribution in [0.5, 0.6) is 23.0 Å². The number of nitrogens with two attached hydrogens (primary N) is 1. The summed E-state index contributed by atoms with van der Waals surface area (Å²) >= 11 is 0. The number of benzene rings is 2. The molecule has 0 spiro atoms. The normalized spacial score (nSPS) is 35.2. The van der Waals surface area contributed by atoms with Gasteiger partial charge in [0.1, 0.15) is 23.0 Å². The molecule has 2 aromatic rings. The lowest BCUT2D eigenvalue weighted by Crippen LogP contribution is -2.61. The molecular weight excluding hydrogens is 682 g/mol. The molecule has 4 saturated carbocycles. The second-order valence-electron chi connectivity index (χ2n) is 19.1. The van der Waals surface area contributed by atoms with Crippen molar-refractivity contribution >= 4 is 17.6 Å². The van der Waals surface area contributed by atoms with Crippen molar-refractivity contribution in [3.05, 3.63) is 47.5 Å². The van der Waals surface area contributed by atoms with Crippen LogP contribution in [0.25, 0.3) is 0 Å². The SMILES string of the molecule is CNC(=O)N[C@@H]1C[C@H]2C(C)(C)CCC[C@]2(C)[C@@H](C(=O)c2cc(O)cc(O)c2)[C@@H]1C.C[C@@H]1[C@H](N)C[C@H]2C(C)(C)CCC[C@]2(C)[C@H]1C(=O)c1cc(O)cc(O)c1. The minimum Gasteiger partial charge on any atom is -0.508 e. The van der Waals surface area contributed by atoms with Gasteiger partial charge in [-0.3, -0.25) is 9.59 Å². The van der Waals surface area contributed by atoms with Gasteiger partial charge in [0.25, 0.3) is 0 Å². The molecule has 2 amide bonds. The molecule has 4 aliphatic rings. The van der Waals surface area contributed by atoms with Crippen LogP contribution in [0.15, 0.2) is 36.4 Å². The van der Waals surface area contributed by atoms with Crippen molar-refractivity contribution in [3.8, 4) is 23.0 Å². The first-order valence-corrected chi connectivity index (χ1v) is 19.9. The molecule has 4 aliphatic carbocycles. The Morgan fingerprint density at radius 3 is 1.43 bits per heavy atom. The van der Waals surface area contributed by atoms with E-state index in [1.165, 1.54) is 42.8 Å². The first kappa shape index (κ1) is 41.4. The molecule has 10 nitrogen and oxygen atoms in total. The van der Waals surface area contributed by atoms with Gasteiger partial charge in [0.05, 0.1) is 0 Å². The molecule has 6 rings (SSSR count). The Bertz CT molecular complexity index is 1700. The van der Waals surface area contributed by atoms with E-state index in [9.17, 15) is 34.8 Å². The molecule has 0 aliphatic heterocycles. The van der Waals surface area contributed by atoms with Crippen molar-refractivity contribution in [2.24, 2.45) is 62.9 Å². The molecule has 4 fully saturated rings. The molecule has 0 bridgehead atoms. The van der Waals surface area contributed by atoms with E-state index in [0.29, 0.717) is 17.0 Å². The summed E-state index contributed by atoms with van der Waals surface area (Å²) in [4.78, 5) is 39.3. The van der Waals surface area contributed by atoms with Gasteiger partial charge in [-0.25, -0.2) is 4.79 Å². The van der Waals surface area contributed by atoms with Gasteiger partial charge in [0, 0.05) is 54.2 Å².